The van der Waals surface area contributed by atoms with E-state index >= 15 is 0 Å². The third-order valence-corrected chi connectivity index (χ3v) is 6.72. The Morgan fingerprint density at radius 1 is 1.21 bits per heavy atom. The van der Waals surface area contributed by atoms with Gasteiger partial charge < -0.3 is 5.11 Å². The van der Waals surface area contributed by atoms with Crippen molar-refractivity contribution in [2.45, 2.75) is 39.8 Å². The standard InChI is InChI=1S/C20H23N3O/c1-11-9-16(21-15-8-6-5-7-13(11)15)23-20(24)10-14-18(19(14,3)4)17(20)12(2)22-23/h5-9,14,17-18,24H,10H2,1-4H3. The van der Waals surface area contributed by atoms with Gasteiger partial charge in [-0.3, -0.25) is 0 Å². The first kappa shape index (κ1) is 14.4. The number of benzene rings is 1. The maximum Gasteiger partial charge on any atom is 0.168 e. The summed E-state index contributed by atoms with van der Waals surface area (Å²) in [6, 6.07) is 10.2. The predicted octanol–water partition coefficient (Wildman–Crippen LogP) is 3.72. The van der Waals surface area contributed by atoms with Crippen LogP contribution in [0.3, 0.4) is 0 Å². The number of aliphatic hydroxyl groups is 1. The molecule has 2 aromatic rings. The SMILES string of the molecule is CC1=NN(c2cc(C)c3ccccc3n2)C2(O)CC3C(C12)C3(C)C. The zero-order chi connectivity index (χ0) is 16.9. The second kappa shape index (κ2) is 4.17. The molecule has 1 N–H and O–H groups in total. The van der Waals surface area contributed by atoms with Gasteiger partial charge in [-0.05, 0) is 48.8 Å². The van der Waals surface area contributed by atoms with E-state index in [0.29, 0.717) is 17.3 Å². The third-order valence-electron chi connectivity index (χ3n) is 6.72. The average Bonchev–Trinajstić information content (AvgIpc) is 2.83. The highest BCUT2D eigenvalue weighted by molar-refractivity contribution is 5.92. The molecule has 4 nitrogen and oxygen atoms in total. The maximum absolute atomic E-state index is 11.5. The molecule has 4 unspecified atom stereocenters. The van der Waals surface area contributed by atoms with Crippen molar-refractivity contribution in [2.75, 3.05) is 5.01 Å². The first-order valence-electron chi connectivity index (χ1n) is 8.78. The average molecular weight is 321 g/mol. The molecule has 2 saturated carbocycles. The minimum Gasteiger partial charge on any atom is -0.368 e. The molecule has 1 aromatic carbocycles. The first-order chi connectivity index (χ1) is 11.3. The van der Waals surface area contributed by atoms with Crippen molar-refractivity contribution in [1.29, 1.82) is 0 Å². The molecule has 0 saturated heterocycles. The molecule has 5 rings (SSSR count). The number of pyridine rings is 1. The molecular formula is C20H23N3O. The van der Waals surface area contributed by atoms with Crippen LogP contribution in [0.2, 0.25) is 0 Å². The number of aromatic nitrogens is 1. The lowest BCUT2D eigenvalue weighted by Crippen LogP contribution is -2.48. The van der Waals surface area contributed by atoms with Crippen LogP contribution < -0.4 is 5.01 Å². The smallest absolute Gasteiger partial charge is 0.168 e. The van der Waals surface area contributed by atoms with Gasteiger partial charge in [-0.15, -0.1) is 0 Å². The third kappa shape index (κ3) is 1.57. The highest BCUT2D eigenvalue weighted by atomic mass is 16.3. The van der Waals surface area contributed by atoms with Gasteiger partial charge in [0.05, 0.1) is 11.4 Å². The Bertz CT molecular complexity index is 903. The van der Waals surface area contributed by atoms with Crippen LogP contribution in [-0.4, -0.2) is 21.5 Å². The normalized spacial score (nSPS) is 35.8. The minimum absolute atomic E-state index is 0.131. The molecule has 4 heteroatoms. The van der Waals surface area contributed by atoms with E-state index in [-0.39, 0.29) is 5.92 Å². The molecule has 3 aliphatic rings. The van der Waals surface area contributed by atoms with E-state index in [2.05, 4.69) is 39.8 Å². The molecule has 1 aliphatic heterocycles. The zero-order valence-electron chi connectivity index (χ0n) is 14.6. The van der Waals surface area contributed by atoms with E-state index in [9.17, 15) is 5.11 Å². The van der Waals surface area contributed by atoms with Crippen molar-refractivity contribution in [2.24, 2.45) is 28.3 Å². The van der Waals surface area contributed by atoms with Gasteiger partial charge in [0, 0.05) is 17.5 Å². The van der Waals surface area contributed by atoms with Crippen LogP contribution in [0, 0.1) is 30.1 Å². The first-order valence-corrected chi connectivity index (χ1v) is 8.78. The molecule has 2 heterocycles. The van der Waals surface area contributed by atoms with Gasteiger partial charge in [0.25, 0.3) is 0 Å². The lowest BCUT2D eigenvalue weighted by atomic mass is 9.84. The molecule has 0 spiro atoms. The Balaban J connectivity index is 1.62. The van der Waals surface area contributed by atoms with Crippen molar-refractivity contribution in [3.8, 4) is 0 Å². The van der Waals surface area contributed by atoms with Crippen molar-refractivity contribution >= 4 is 22.4 Å². The van der Waals surface area contributed by atoms with Gasteiger partial charge in [0.15, 0.2) is 11.5 Å². The number of hydrogen-bond acceptors (Lipinski definition) is 4. The van der Waals surface area contributed by atoms with E-state index in [1.807, 2.05) is 18.2 Å². The van der Waals surface area contributed by atoms with Gasteiger partial charge in [-0.1, -0.05) is 32.0 Å². The van der Waals surface area contributed by atoms with E-state index in [1.165, 1.54) is 5.56 Å². The maximum atomic E-state index is 11.5. The Morgan fingerprint density at radius 2 is 1.96 bits per heavy atom. The van der Waals surface area contributed by atoms with Gasteiger partial charge in [0.1, 0.15) is 0 Å². The molecule has 2 aliphatic carbocycles. The topological polar surface area (TPSA) is 48.7 Å². The van der Waals surface area contributed by atoms with Crippen molar-refractivity contribution < 1.29 is 5.11 Å². The number of anilines is 1. The molecule has 124 valence electrons. The van der Waals surface area contributed by atoms with Crippen LogP contribution in [0.15, 0.2) is 35.4 Å². The summed E-state index contributed by atoms with van der Waals surface area (Å²) < 4.78 is 0. The summed E-state index contributed by atoms with van der Waals surface area (Å²) in [5, 5.41) is 19.2. The molecule has 0 bridgehead atoms. The summed E-state index contributed by atoms with van der Waals surface area (Å²) in [7, 11) is 0. The monoisotopic (exact) mass is 321 g/mol. The number of rotatable bonds is 1. The zero-order valence-corrected chi connectivity index (χ0v) is 14.6. The van der Waals surface area contributed by atoms with E-state index in [0.717, 1.165) is 28.9 Å². The fourth-order valence-electron chi connectivity index (χ4n) is 5.39. The predicted molar refractivity (Wildman–Crippen MR) is 95.9 cm³/mol. The lowest BCUT2D eigenvalue weighted by Gasteiger charge is -2.36. The van der Waals surface area contributed by atoms with Crippen molar-refractivity contribution in [3.05, 3.63) is 35.9 Å². The Labute approximate surface area is 142 Å². The lowest BCUT2D eigenvalue weighted by molar-refractivity contribution is 0.00622. The molecule has 24 heavy (non-hydrogen) atoms. The van der Waals surface area contributed by atoms with Crippen LogP contribution in [-0.2, 0) is 0 Å². The second-order valence-electron chi connectivity index (χ2n) is 8.38. The van der Waals surface area contributed by atoms with Crippen molar-refractivity contribution in [1.82, 2.24) is 4.98 Å². The fourth-order valence-corrected chi connectivity index (χ4v) is 5.39. The Kier molecular flexibility index (Phi) is 2.51. The number of hydrogen-bond donors (Lipinski definition) is 1. The Hall–Kier alpha value is -1.94. The summed E-state index contributed by atoms with van der Waals surface area (Å²) in [6.45, 7) is 8.78. The Morgan fingerprint density at radius 3 is 2.75 bits per heavy atom. The fraction of sp³-hybridized carbons (Fsp3) is 0.500. The molecule has 0 amide bonds. The van der Waals surface area contributed by atoms with E-state index in [1.54, 1.807) is 5.01 Å². The summed E-state index contributed by atoms with van der Waals surface area (Å²) >= 11 is 0. The molecule has 0 radical (unpaired) electrons. The van der Waals surface area contributed by atoms with Crippen LogP contribution in [0.25, 0.3) is 10.9 Å². The number of hydrazone groups is 1. The highest BCUT2D eigenvalue weighted by Gasteiger charge is 2.75. The van der Waals surface area contributed by atoms with E-state index < -0.39 is 5.72 Å². The summed E-state index contributed by atoms with van der Waals surface area (Å²) in [4.78, 5) is 4.79. The largest absolute Gasteiger partial charge is 0.368 e. The number of aryl methyl sites for hydroxylation is 1. The van der Waals surface area contributed by atoms with Gasteiger partial charge >= 0.3 is 0 Å². The quantitative estimate of drug-likeness (QED) is 0.871. The summed E-state index contributed by atoms with van der Waals surface area (Å²) in [6.07, 6.45) is 0.781. The van der Waals surface area contributed by atoms with Crippen LogP contribution in [0.5, 0.6) is 0 Å². The van der Waals surface area contributed by atoms with Gasteiger partial charge in [0.2, 0.25) is 0 Å². The van der Waals surface area contributed by atoms with Gasteiger partial charge in [-0.2, -0.15) is 5.10 Å². The molecular weight excluding hydrogens is 298 g/mol. The number of fused-ring (bicyclic) bond motifs is 4. The molecule has 1 aromatic heterocycles. The van der Waals surface area contributed by atoms with E-state index in [4.69, 9.17) is 10.1 Å². The highest BCUT2D eigenvalue weighted by Crippen LogP contribution is 2.73. The van der Waals surface area contributed by atoms with Crippen LogP contribution >= 0.6 is 0 Å². The number of para-hydroxylation sites is 1. The van der Waals surface area contributed by atoms with Crippen molar-refractivity contribution in [3.63, 3.8) is 0 Å². The summed E-state index contributed by atoms with van der Waals surface area (Å²) in [5.41, 5.74) is 2.59. The molecule has 4 atom stereocenters. The second-order valence-corrected chi connectivity index (χ2v) is 8.38. The minimum atomic E-state index is -0.906. The van der Waals surface area contributed by atoms with Crippen LogP contribution in [0.4, 0.5) is 5.82 Å². The van der Waals surface area contributed by atoms with Gasteiger partial charge in [-0.25, -0.2) is 9.99 Å². The number of nitrogens with zero attached hydrogens (tertiary/aromatic N) is 3. The molecule has 2 fully saturated rings. The van der Waals surface area contributed by atoms with Crippen LogP contribution in [0.1, 0.15) is 32.8 Å². The summed E-state index contributed by atoms with van der Waals surface area (Å²) in [5.74, 6) is 2.01.